The third kappa shape index (κ3) is 7.76. The first-order chi connectivity index (χ1) is 18.9. The summed E-state index contributed by atoms with van der Waals surface area (Å²) in [6.07, 6.45) is 2.27. The van der Waals surface area contributed by atoms with E-state index in [1.165, 1.54) is 4.31 Å². The van der Waals surface area contributed by atoms with E-state index in [0.717, 1.165) is 37.1 Å². The second-order valence-corrected chi connectivity index (χ2v) is 12.2. The normalized spacial score (nSPS) is 19.1. The van der Waals surface area contributed by atoms with Crippen LogP contribution in [-0.4, -0.2) is 63.5 Å². The fourth-order valence-electron chi connectivity index (χ4n) is 5.23. The number of benzene rings is 3. The minimum absolute atomic E-state index is 0.0285. The number of hydrogen-bond donors (Lipinski definition) is 1. The van der Waals surface area contributed by atoms with Crippen molar-refractivity contribution in [3.63, 3.8) is 0 Å². The Labute approximate surface area is 232 Å². The number of hydrogen-bond acceptors (Lipinski definition) is 6. The largest absolute Gasteiger partial charge is 0.461 e. The third-order valence-electron chi connectivity index (χ3n) is 7.57. The molecule has 1 saturated heterocycles. The monoisotopic (exact) mass is 549 g/mol. The van der Waals surface area contributed by atoms with E-state index in [0.29, 0.717) is 24.5 Å². The molecule has 3 unspecified atom stereocenters. The fourth-order valence-corrected chi connectivity index (χ4v) is 6.47. The number of sulfonamides is 1. The second kappa shape index (κ2) is 13.8. The van der Waals surface area contributed by atoms with E-state index in [9.17, 15) is 13.2 Å². The summed E-state index contributed by atoms with van der Waals surface area (Å²) in [5.41, 5.74) is 2.10. The molecule has 4 rings (SSSR count). The maximum Gasteiger partial charge on any atom is 0.309 e. The van der Waals surface area contributed by atoms with Crippen LogP contribution in [0.4, 0.5) is 0 Å². The lowest BCUT2D eigenvalue weighted by Gasteiger charge is -2.39. The van der Waals surface area contributed by atoms with Crippen LogP contribution in [0.25, 0.3) is 0 Å². The first-order valence-electron chi connectivity index (χ1n) is 13.6. The van der Waals surface area contributed by atoms with Crippen molar-refractivity contribution in [3.05, 3.63) is 102 Å². The van der Waals surface area contributed by atoms with E-state index in [1.54, 1.807) is 31.3 Å². The predicted octanol–water partition coefficient (Wildman–Crippen LogP) is 4.48. The topological polar surface area (TPSA) is 79.0 Å². The summed E-state index contributed by atoms with van der Waals surface area (Å²) in [5.74, 6) is -0.260. The molecule has 208 valence electrons. The standard InChI is InChI=1S/C31H39N3O4S/c1-32-30-22-27(31(35)38-24-25-12-6-3-7-13-25)18-20-34(30)21-19-28(26-14-8-4-9-15-26)23-33(2)39(36,37)29-16-10-5-11-17-29/h3-17,27-28,30,32H,18-24H2,1-2H3. The Morgan fingerprint density at radius 3 is 2.26 bits per heavy atom. The van der Waals surface area contributed by atoms with E-state index in [2.05, 4.69) is 22.3 Å². The highest BCUT2D eigenvalue weighted by molar-refractivity contribution is 7.89. The van der Waals surface area contributed by atoms with Crippen LogP contribution in [-0.2, 0) is 26.2 Å². The lowest BCUT2D eigenvalue weighted by molar-refractivity contribution is -0.152. The molecule has 8 heteroatoms. The molecule has 0 amide bonds. The first kappa shape index (κ1) is 29.0. The van der Waals surface area contributed by atoms with Gasteiger partial charge in [0.05, 0.1) is 17.0 Å². The van der Waals surface area contributed by atoms with E-state index >= 15 is 0 Å². The van der Waals surface area contributed by atoms with Gasteiger partial charge >= 0.3 is 5.97 Å². The molecule has 3 aromatic carbocycles. The van der Waals surface area contributed by atoms with Crippen LogP contribution in [0, 0.1) is 5.92 Å². The first-order valence-corrected chi connectivity index (χ1v) is 15.0. The lowest BCUT2D eigenvalue weighted by atomic mass is 9.92. The Balaban J connectivity index is 1.37. The van der Waals surface area contributed by atoms with Gasteiger partial charge in [0.15, 0.2) is 0 Å². The highest BCUT2D eigenvalue weighted by atomic mass is 32.2. The van der Waals surface area contributed by atoms with Crippen LogP contribution in [0.15, 0.2) is 95.9 Å². The third-order valence-corrected chi connectivity index (χ3v) is 9.41. The molecule has 0 bridgehead atoms. The van der Waals surface area contributed by atoms with E-state index in [4.69, 9.17) is 4.74 Å². The van der Waals surface area contributed by atoms with Gasteiger partial charge in [-0.25, -0.2) is 12.7 Å². The van der Waals surface area contributed by atoms with Crippen molar-refractivity contribution in [2.75, 3.05) is 33.7 Å². The quantitative estimate of drug-likeness (QED) is 0.336. The zero-order chi connectivity index (χ0) is 27.7. The van der Waals surface area contributed by atoms with Gasteiger partial charge in [0, 0.05) is 26.7 Å². The summed E-state index contributed by atoms with van der Waals surface area (Å²) in [6, 6.07) is 28.4. The highest BCUT2D eigenvalue weighted by Gasteiger charge is 2.33. The molecule has 39 heavy (non-hydrogen) atoms. The Kier molecular flexibility index (Phi) is 10.3. The molecule has 0 radical (unpaired) electrons. The number of nitrogens with zero attached hydrogens (tertiary/aromatic N) is 2. The number of likely N-dealkylation sites (tertiary alicyclic amines) is 1. The summed E-state index contributed by atoms with van der Waals surface area (Å²) in [5, 5.41) is 3.37. The van der Waals surface area contributed by atoms with Crippen LogP contribution >= 0.6 is 0 Å². The van der Waals surface area contributed by atoms with Gasteiger partial charge in [0.1, 0.15) is 6.61 Å². The molecule has 3 aromatic rings. The number of esters is 1. The van der Waals surface area contributed by atoms with Crippen LogP contribution in [0.5, 0.6) is 0 Å². The van der Waals surface area contributed by atoms with Crippen LogP contribution in [0.3, 0.4) is 0 Å². The van der Waals surface area contributed by atoms with Crippen molar-refractivity contribution in [2.45, 2.75) is 42.8 Å². The Hall–Kier alpha value is -3.04. The smallest absolute Gasteiger partial charge is 0.309 e. The fraction of sp³-hybridized carbons (Fsp3) is 0.387. The molecular weight excluding hydrogens is 510 g/mol. The Morgan fingerprint density at radius 2 is 1.62 bits per heavy atom. The van der Waals surface area contributed by atoms with E-state index in [1.807, 2.05) is 61.6 Å². The van der Waals surface area contributed by atoms with Crippen LogP contribution in [0.1, 0.15) is 36.3 Å². The Bertz CT molecular complexity index is 1270. The number of piperidine rings is 1. The summed E-state index contributed by atoms with van der Waals surface area (Å²) >= 11 is 0. The predicted molar refractivity (Wildman–Crippen MR) is 153 cm³/mol. The van der Waals surface area contributed by atoms with Gasteiger partial charge in [0.25, 0.3) is 0 Å². The molecule has 1 aliphatic rings. The average Bonchev–Trinajstić information content (AvgIpc) is 2.99. The molecule has 0 aromatic heterocycles. The zero-order valence-corrected chi connectivity index (χ0v) is 23.6. The maximum absolute atomic E-state index is 13.2. The minimum Gasteiger partial charge on any atom is -0.461 e. The summed E-state index contributed by atoms with van der Waals surface area (Å²) in [7, 11) is -0.0122. The van der Waals surface area contributed by atoms with E-state index < -0.39 is 10.0 Å². The number of ether oxygens (including phenoxy) is 1. The van der Waals surface area contributed by atoms with Crippen LogP contribution < -0.4 is 5.32 Å². The number of rotatable bonds is 12. The van der Waals surface area contributed by atoms with Gasteiger partial charge in [-0.15, -0.1) is 0 Å². The second-order valence-electron chi connectivity index (χ2n) is 10.1. The molecule has 3 atom stereocenters. The zero-order valence-electron chi connectivity index (χ0n) is 22.8. The van der Waals surface area contributed by atoms with Crippen molar-refractivity contribution in [1.82, 2.24) is 14.5 Å². The Morgan fingerprint density at radius 1 is 1.00 bits per heavy atom. The molecule has 1 aliphatic heterocycles. The van der Waals surface area contributed by atoms with Gasteiger partial charge in [-0.1, -0.05) is 78.9 Å². The molecule has 7 nitrogen and oxygen atoms in total. The van der Waals surface area contributed by atoms with Gasteiger partial charge in [0.2, 0.25) is 10.0 Å². The molecular formula is C31H39N3O4S. The van der Waals surface area contributed by atoms with Crippen molar-refractivity contribution in [2.24, 2.45) is 5.92 Å². The summed E-state index contributed by atoms with van der Waals surface area (Å²) < 4.78 is 33.5. The van der Waals surface area contributed by atoms with Crippen molar-refractivity contribution < 1.29 is 17.9 Å². The van der Waals surface area contributed by atoms with Gasteiger partial charge in [-0.05, 0) is 55.5 Å². The molecule has 1 heterocycles. The number of carbonyl (C=O) groups excluding carboxylic acids is 1. The van der Waals surface area contributed by atoms with Gasteiger partial charge in [-0.2, -0.15) is 0 Å². The van der Waals surface area contributed by atoms with Crippen molar-refractivity contribution in [1.29, 1.82) is 0 Å². The highest BCUT2D eigenvalue weighted by Crippen LogP contribution is 2.28. The van der Waals surface area contributed by atoms with E-state index in [-0.39, 0.29) is 24.0 Å². The van der Waals surface area contributed by atoms with Crippen molar-refractivity contribution >= 4 is 16.0 Å². The van der Waals surface area contributed by atoms with Gasteiger partial charge in [-0.3, -0.25) is 9.69 Å². The molecule has 0 spiro atoms. The number of nitrogens with one attached hydrogen (secondary N) is 1. The molecule has 0 saturated carbocycles. The van der Waals surface area contributed by atoms with Gasteiger partial charge < -0.3 is 10.1 Å². The SMILES string of the molecule is CNC1CC(C(=O)OCc2ccccc2)CCN1CCC(CN(C)S(=O)(=O)c1ccccc1)c1ccccc1. The average molecular weight is 550 g/mol. The molecule has 1 N–H and O–H groups in total. The number of likely N-dealkylation sites (N-methyl/N-ethyl adjacent to an activating group) is 1. The summed E-state index contributed by atoms with van der Waals surface area (Å²) in [6.45, 7) is 2.24. The summed E-state index contributed by atoms with van der Waals surface area (Å²) in [4.78, 5) is 15.5. The minimum atomic E-state index is -3.59. The number of carbonyl (C=O) groups is 1. The van der Waals surface area contributed by atoms with Crippen LogP contribution in [0.2, 0.25) is 0 Å². The maximum atomic E-state index is 13.2. The van der Waals surface area contributed by atoms with Crippen molar-refractivity contribution in [3.8, 4) is 0 Å². The molecule has 0 aliphatic carbocycles. The molecule has 1 fully saturated rings. The lowest BCUT2D eigenvalue weighted by Crippen LogP contribution is -2.51.